The highest BCUT2D eigenvalue weighted by Gasteiger charge is 2.48. The molecule has 2 nitrogen and oxygen atoms in total. The SMILES string of the molecule is CCC(=O)[C@@H]1[C@H]2CCC(C[C@H]1c1ccc(Cl)c(Cl)c1)N2C. The molecule has 0 N–H and O–H groups in total. The first-order valence-electron chi connectivity index (χ1n) is 7.72. The van der Waals surface area contributed by atoms with E-state index in [1.165, 1.54) is 12.0 Å². The second-order valence-corrected chi connectivity index (χ2v) is 7.14. The fourth-order valence-electron chi connectivity index (χ4n) is 4.23. The predicted octanol–water partition coefficient (Wildman–Crippen LogP) is 4.54. The van der Waals surface area contributed by atoms with Gasteiger partial charge in [0.2, 0.25) is 0 Å². The fourth-order valence-corrected chi connectivity index (χ4v) is 4.53. The molecule has 0 radical (unpaired) electrons. The maximum absolute atomic E-state index is 12.6. The Bertz CT molecular complexity index is 560. The van der Waals surface area contributed by atoms with Crippen LogP contribution in [0.1, 0.15) is 44.1 Å². The quantitative estimate of drug-likeness (QED) is 0.813. The molecule has 0 amide bonds. The molecule has 2 fully saturated rings. The molecule has 114 valence electrons. The number of fused-ring (bicyclic) bond motifs is 2. The summed E-state index contributed by atoms with van der Waals surface area (Å²) in [6, 6.07) is 6.83. The van der Waals surface area contributed by atoms with E-state index in [4.69, 9.17) is 23.2 Å². The first-order chi connectivity index (χ1) is 10.0. The highest BCUT2D eigenvalue weighted by atomic mass is 35.5. The number of carbonyl (C=O) groups excluding carboxylic acids is 1. The van der Waals surface area contributed by atoms with Crippen LogP contribution in [0, 0.1) is 5.92 Å². The van der Waals surface area contributed by atoms with Crippen LogP contribution in [0.4, 0.5) is 0 Å². The molecule has 1 unspecified atom stereocenters. The number of carbonyl (C=O) groups is 1. The summed E-state index contributed by atoms with van der Waals surface area (Å²) >= 11 is 12.2. The van der Waals surface area contributed by atoms with E-state index >= 15 is 0 Å². The molecule has 1 aromatic carbocycles. The van der Waals surface area contributed by atoms with Crippen molar-refractivity contribution in [3.63, 3.8) is 0 Å². The van der Waals surface area contributed by atoms with Gasteiger partial charge in [0, 0.05) is 24.4 Å². The van der Waals surface area contributed by atoms with Crippen LogP contribution in [0.3, 0.4) is 0 Å². The third-order valence-electron chi connectivity index (χ3n) is 5.36. The van der Waals surface area contributed by atoms with Crippen LogP contribution in [-0.2, 0) is 4.79 Å². The Labute approximate surface area is 136 Å². The van der Waals surface area contributed by atoms with Crippen molar-refractivity contribution in [1.29, 1.82) is 0 Å². The molecule has 1 aromatic rings. The number of halogens is 2. The van der Waals surface area contributed by atoms with Gasteiger partial charge in [0.05, 0.1) is 10.0 Å². The van der Waals surface area contributed by atoms with Crippen LogP contribution in [0.2, 0.25) is 10.0 Å². The maximum Gasteiger partial charge on any atom is 0.137 e. The van der Waals surface area contributed by atoms with Crippen molar-refractivity contribution < 1.29 is 4.79 Å². The van der Waals surface area contributed by atoms with E-state index < -0.39 is 0 Å². The zero-order valence-corrected chi connectivity index (χ0v) is 14.0. The number of ketones is 1. The highest BCUT2D eigenvalue weighted by molar-refractivity contribution is 6.42. The number of hydrogen-bond acceptors (Lipinski definition) is 2. The Hall–Kier alpha value is -0.570. The van der Waals surface area contributed by atoms with Crippen molar-refractivity contribution in [2.24, 2.45) is 5.92 Å². The molecule has 0 spiro atoms. The Morgan fingerprint density at radius 1 is 1.29 bits per heavy atom. The van der Waals surface area contributed by atoms with Crippen molar-refractivity contribution in [3.8, 4) is 0 Å². The van der Waals surface area contributed by atoms with Gasteiger partial charge in [0.25, 0.3) is 0 Å². The lowest BCUT2D eigenvalue weighted by Gasteiger charge is -2.42. The summed E-state index contributed by atoms with van der Waals surface area (Å²) in [5.41, 5.74) is 1.17. The monoisotopic (exact) mass is 325 g/mol. The van der Waals surface area contributed by atoms with E-state index in [2.05, 4.69) is 11.9 Å². The number of benzene rings is 1. The van der Waals surface area contributed by atoms with Crippen LogP contribution in [-0.4, -0.2) is 29.8 Å². The van der Waals surface area contributed by atoms with Crippen molar-refractivity contribution in [2.75, 3.05) is 7.05 Å². The van der Waals surface area contributed by atoms with Crippen LogP contribution in [0.25, 0.3) is 0 Å². The van der Waals surface area contributed by atoms with E-state index in [-0.39, 0.29) is 11.8 Å². The Morgan fingerprint density at radius 2 is 2.05 bits per heavy atom. The molecular weight excluding hydrogens is 305 g/mol. The van der Waals surface area contributed by atoms with Crippen molar-refractivity contribution in [2.45, 2.75) is 50.6 Å². The zero-order chi connectivity index (χ0) is 15.1. The molecule has 2 aliphatic rings. The van der Waals surface area contributed by atoms with Gasteiger partial charge in [-0.3, -0.25) is 9.69 Å². The average Bonchev–Trinajstić information content (AvgIpc) is 2.72. The standard InChI is InChI=1S/C17H21Cl2NO/c1-3-16(21)17-12(9-11-5-7-15(17)20(11)2)10-4-6-13(18)14(19)8-10/h4,6,8,11-12,15,17H,3,5,7,9H2,1-2H3/t11?,12-,15+,17-/m0/s1. The Balaban J connectivity index is 1.98. The van der Waals surface area contributed by atoms with Crippen molar-refractivity contribution >= 4 is 29.0 Å². The lowest BCUT2D eigenvalue weighted by Crippen LogP contribution is -2.48. The van der Waals surface area contributed by atoms with Gasteiger partial charge in [-0.1, -0.05) is 36.2 Å². The van der Waals surface area contributed by atoms with Gasteiger partial charge in [-0.2, -0.15) is 0 Å². The first-order valence-corrected chi connectivity index (χ1v) is 8.48. The molecular formula is C17H21Cl2NO. The normalized spacial score (nSPS) is 32.4. The predicted molar refractivity (Wildman–Crippen MR) is 87.2 cm³/mol. The van der Waals surface area contributed by atoms with Crippen molar-refractivity contribution in [3.05, 3.63) is 33.8 Å². The third-order valence-corrected chi connectivity index (χ3v) is 6.10. The Morgan fingerprint density at radius 3 is 2.71 bits per heavy atom. The molecule has 2 heterocycles. The maximum atomic E-state index is 12.6. The van der Waals surface area contributed by atoms with Gasteiger partial charge >= 0.3 is 0 Å². The summed E-state index contributed by atoms with van der Waals surface area (Å²) in [6.07, 6.45) is 3.99. The van der Waals surface area contributed by atoms with Crippen LogP contribution in [0.5, 0.6) is 0 Å². The molecule has 4 heteroatoms. The smallest absolute Gasteiger partial charge is 0.137 e. The summed E-state index contributed by atoms with van der Waals surface area (Å²) in [5.74, 6) is 0.750. The van der Waals surface area contributed by atoms with Crippen LogP contribution < -0.4 is 0 Å². The van der Waals surface area contributed by atoms with Gasteiger partial charge < -0.3 is 0 Å². The number of rotatable bonds is 3. The molecule has 21 heavy (non-hydrogen) atoms. The van der Waals surface area contributed by atoms with Crippen LogP contribution >= 0.6 is 23.2 Å². The number of Topliss-reactive ketones (excluding diaryl/α,β-unsaturated/α-hetero) is 1. The number of piperidine rings is 1. The molecule has 2 saturated heterocycles. The molecule has 2 aliphatic heterocycles. The fraction of sp³-hybridized carbons (Fsp3) is 0.588. The van der Waals surface area contributed by atoms with Crippen LogP contribution in [0.15, 0.2) is 18.2 Å². The van der Waals surface area contributed by atoms with E-state index in [0.717, 1.165) is 12.8 Å². The minimum atomic E-state index is 0.0935. The third kappa shape index (κ3) is 2.62. The minimum absolute atomic E-state index is 0.0935. The van der Waals surface area contributed by atoms with Gasteiger partial charge in [0.1, 0.15) is 5.78 Å². The van der Waals surface area contributed by atoms with Gasteiger partial charge in [-0.15, -0.1) is 0 Å². The molecule has 3 rings (SSSR count). The lowest BCUT2D eigenvalue weighted by molar-refractivity contribution is -0.126. The van der Waals surface area contributed by atoms with E-state index in [1.54, 1.807) is 0 Å². The molecule has 0 aromatic heterocycles. The van der Waals surface area contributed by atoms with Crippen molar-refractivity contribution in [1.82, 2.24) is 4.90 Å². The highest BCUT2D eigenvalue weighted by Crippen LogP contribution is 2.47. The summed E-state index contributed by atoms with van der Waals surface area (Å²) in [4.78, 5) is 15.0. The van der Waals surface area contributed by atoms with Gasteiger partial charge in [-0.25, -0.2) is 0 Å². The second kappa shape index (κ2) is 5.91. The topological polar surface area (TPSA) is 20.3 Å². The van der Waals surface area contributed by atoms with E-state index in [1.807, 2.05) is 25.1 Å². The Kier molecular flexibility index (Phi) is 4.31. The van der Waals surface area contributed by atoms with E-state index in [0.29, 0.717) is 34.3 Å². The van der Waals surface area contributed by atoms with Gasteiger partial charge in [0.15, 0.2) is 0 Å². The molecule has 0 aliphatic carbocycles. The summed E-state index contributed by atoms with van der Waals surface area (Å²) in [6.45, 7) is 1.97. The summed E-state index contributed by atoms with van der Waals surface area (Å²) in [5, 5.41) is 1.16. The average molecular weight is 326 g/mol. The number of hydrogen-bond donors (Lipinski definition) is 0. The molecule has 0 saturated carbocycles. The lowest BCUT2D eigenvalue weighted by atomic mass is 9.73. The summed E-state index contributed by atoms with van der Waals surface area (Å²) < 4.78 is 0. The van der Waals surface area contributed by atoms with Gasteiger partial charge in [-0.05, 0) is 49.9 Å². The zero-order valence-electron chi connectivity index (χ0n) is 12.5. The number of nitrogens with zero attached hydrogens (tertiary/aromatic N) is 1. The first kappa shape index (κ1) is 15.3. The minimum Gasteiger partial charge on any atom is -0.300 e. The summed E-state index contributed by atoms with van der Waals surface area (Å²) in [7, 11) is 2.17. The molecule has 4 atom stereocenters. The largest absolute Gasteiger partial charge is 0.300 e. The second-order valence-electron chi connectivity index (χ2n) is 6.33. The van der Waals surface area contributed by atoms with E-state index in [9.17, 15) is 4.79 Å². The molecule has 2 bridgehead atoms.